The third-order valence-corrected chi connectivity index (χ3v) is 6.42. The van der Waals surface area contributed by atoms with Crippen LogP contribution in [-0.4, -0.2) is 5.75 Å². The second kappa shape index (κ2) is 6.97. The second-order valence-electron chi connectivity index (χ2n) is 5.49. The van der Waals surface area contributed by atoms with Gasteiger partial charge in [-0.1, -0.05) is 31.2 Å². The summed E-state index contributed by atoms with van der Waals surface area (Å²) in [4.78, 5) is 2.94. The Labute approximate surface area is 135 Å². The summed E-state index contributed by atoms with van der Waals surface area (Å²) in [5, 5.41) is 0. The fourth-order valence-electron chi connectivity index (χ4n) is 2.73. The summed E-state index contributed by atoms with van der Waals surface area (Å²) in [5.74, 6) is 8.24. The van der Waals surface area contributed by atoms with Gasteiger partial charge in [0, 0.05) is 15.5 Å². The minimum absolute atomic E-state index is 0.220. The van der Waals surface area contributed by atoms with E-state index in [0.717, 1.165) is 18.6 Å². The van der Waals surface area contributed by atoms with Crippen molar-refractivity contribution in [1.29, 1.82) is 0 Å². The zero-order valence-electron chi connectivity index (χ0n) is 12.4. The minimum Gasteiger partial charge on any atom is -0.271 e. The third kappa shape index (κ3) is 3.51. The summed E-state index contributed by atoms with van der Waals surface area (Å²) in [6, 6.07) is 11.5. The molecular formula is C17H22N2S2. The number of rotatable bonds is 5. The molecule has 0 spiro atoms. The van der Waals surface area contributed by atoms with Gasteiger partial charge in [0.15, 0.2) is 0 Å². The van der Waals surface area contributed by atoms with Crippen LogP contribution in [0.15, 0.2) is 30.3 Å². The van der Waals surface area contributed by atoms with Crippen LogP contribution in [0.4, 0.5) is 0 Å². The molecule has 3 rings (SSSR count). The molecule has 1 unspecified atom stereocenters. The van der Waals surface area contributed by atoms with E-state index < -0.39 is 0 Å². The number of aryl methyl sites for hydroxylation is 2. The van der Waals surface area contributed by atoms with E-state index in [1.165, 1.54) is 33.7 Å². The van der Waals surface area contributed by atoms with Crippen LogP contribution in [0.5, 0.6) is 0 Å². The summed E-state index contributed by atoms with van der Waals surface area (Å²) < 4.78 is 0. The number of fused-ring (bicyclic) bond motifs is 1. The molecule has 0 saturated heterocycles. The molecule has 4 heteroatoms. The van der Waals surface area contributed by atoms with Crippen molar-refractivity contribution >= 4 is 23.1 Å². The summed E-state index contributed by atoms with van der Waals surface area (Å²) in [5.41, 5.74) is 7.26. The Morgan fingerprint density at radius 2 is 2.00 bits per heavy atom. The van der Waals surface area contributed by atoms with Crippen molar-refractivity contribution in [1.82, 2.24) is 5.43 Å². The minimum atomic E-state index is 0.220. The molecule has 1 aromatic carbocycles. The van der Waals surface area contributed by atoms with Crippen LogP contribution in [0.2, 0.25) is 0 Å². The molecule has 2 nitrogen and oxygen atoms in total. The van der Waals surface area contributed by atoms with E-state index in [-0.39, 0.29) is 6.04 Å². The molecule has 1 aliphatic heterocycles. The first-order valence-corrected chi connectivity index (χ1v) is 9.50. The first-order chi connectivity index (χ1) is 10.3. The van der Waals surface area contributed by atoms with Crippen LogP contribution in [0.25, 0.3) is 0 Å². The molecule has 1 atom stereocenters. The molecule has 1 aliphatic rings. The molecular weight excluding hydrogens is 296 g/mol. The molecule has 1 aromatic heterocycles. The van der Waals surface area contributed by atoms with E-state index in [2.05, 4.69) is 42.7 Å². The Hall–Kier alpha value is -0.810. The Kier molecular flexibility index (Phi) is 5.01. The van der Waals surface area contributed by atoms with Gasteiger partial charge in [-0.2, -0.15) is 11.8 Å². The number of hydrogen-bond acceptors (Lipinski definition) is 4. The van der Waals surface area contributed by atoms with Crippen LogP contribution in [0, 0.1) is 0 Å². The van der Waals surface area contributed by atoms with Crippen molar-refractivity contribution in [3.8, 4) is 0 Å². The molecule has 0 saturated carbocycles. The smallest absolute Gasteiger partial charge is 0.0593 e. The zero-order chi connectivity index (χ0) is 14.7. The van der Waals surface area contributed by atoms with Gasteiger partial charge in [-0.25, -0.2) is 0 Å². The Bertz CT molecular complexity index is 566. The van der Waals surface area contributed by atoms with E-state index in [1.54, 1.807) is 4.88 Å². The van der Waals surface area contributed by atoms with Crippen LogP contribution < -0.4 is 11.3 Å². The third-order valence-electron chi connectivity index (χ3n) is 4.06. The average Bonchev–Trinajstić information content (AvgIpc) is 2.97. The highest BCUT2D eigenvalue weighted by Gasteiger charge is 2.19. The molecule has 3 N–H and O–H groups in total. The molecule has 0 aliphatic carbocycles. The Morgan fingerprint density at radius 1 is 1.24 bits per heavy atom. The van der Waals surface area contributed by atoms with Gasteiger partial charge < -0.3 is 0 Å². The Balaban J connectivity index is 1.76. The van der Waals surface area contributed by atoms with Gasteiger partial charge in [0.2, 0.25) is 0 Å². The lowest BCUT2D eigenvalue weighted by atomic mass is 10.0. The highest BCUT2D eigenvalue weighted by molar-refractivity contribution is 7.98. The maximum atomic E-state index is 5.82. The highest BCUT2D eigenvalue weighted by Crippen LogP contribution is 2.35. The number of hydrazine groups is 1. The molecule has 112 valence electrons. The summed E-state index contributed by atoms with van der Waals surface area (Å²) in [6.45, 7) is 2.19. The average molecular weight is 319 g/mol. The molecule has 21 heavy (non-hydrogen) atoms. The predicted molar refractivity (Wildman–Crippen MR) is 93.8 cm³/mol. The van der Waals surface area contributed by atoms with Crippen molar-refractivity contribution in [3.63, 3.8) is 0 Å². The SMILES string of the molecule is CCc1ccc(CC(NN)c2cc3c(s2)CCSC3)cc1. The van der Waals surface area contributed by atoms with Gasteiger partial charge in [0.1, 0.15) is 0 Å². The van der Waals surface area contributed by atoms with Gasteiger partial charge in [0.25, 0.3) is 0 Å². The summed E-state index contributed by atoms with van der Waals surface area (Å²) in [7, 11) is 0. The number of nitrogens with one attached hydrogen (secondary N) is 1. The lowest BCUT2D eigenvalue weighted by Gasteiger charge is -2.14. The number of nitrogens with two attached hydrogens (primary N) is 1. The molecule has 0 radical (unpaired) electrons. The van der Waals surface area contributed by atoms with E-state index >= 15 is 0 Å². The van der Waals surface area contributed by atoms with Crippen LogP contribution in [-0.2, 0) is 25.0 Å². The molecule has 0 amide bonds. The molecule has 0 fully saturated rings. The van der Waals surface area contributed by atoms with Gasteiger partial charge in [-0.05, 0) is 47.8 Å². The number of benzene rings is 1. The maximum absolute atomic E-state index is 5.82. The van der Waals surface area contributed by atoms with Gasteiger partial charge in [-0.15, -0.1) is 11.3 Å². The fourth-order valence-corrected chi connectivity index (χ4v) is 5.17. The topological polar surface area (TPSA) is 38.0 Å². The number of thiophene rings is 1. The number of thioether (sulfide) groups is 1. The Morgan fingerprint density at radius 3 is 2.67 bits per heavy atom. The second-order valence-corrected chi connectivity index (χ2v) is 7.77. The van der Waals surface area contributed by atoms with E-state index in [9.17, 15) is 0 Å². The largest absolute Gasteiger partial charge is 0.271 e. The van der Waals surface area contributed by atoms with Gasteiger partial charge >= 0.3 is 0 Å². The maximum Gasteiger partial charge on any atom is 0.0593 e. The zero-order valence-corrected chi connectivity index (χ0v) is 14.0. The van der Waals surface area contributed by atoms with Crippen molar-refractivity contribution in [2.45, 2.75) is 38.0 Å². The quantitative estimate of drug-likeness (QED) is 0.649. The van der Waals surface area contributed by atoms with Crippen molar-refractivity contribution in [3.05, 3.63) is 56.8 Å². The number of hydrogen-bond donors (Lipinski definition) is 2. The standard InChI is InChI=1S/C17H22N2S2/c1-2-12-3-5-13(6-4-12)9-15(19-18)17-10-14-11-20-8-7-16(14)21-17/h3-6,10,15,19H,2,7-9,11,18H2,1H3. The monoisotopic (exact) mass is 318 g/mol. The summed E-state index contributed by atoms with van der Waals surface area (Å²) >= 11 is 3.97. The normalized spacial score (nSPS) is 15.7. The summed E-state index contributed by atoms with van der Waals surface area (Å²) in [6.07, 6.45) is 3.26. The molecule has 0 bridgehead atoms. The first-order valence-electron chi connectivity index (χ1n) is 7.53. The van der Waals surface area contributed by atoms with Gasteiger partial charge in [0.05, 0.1) is 6.04 Å². The molecule has 2 heterocycles. The highest BCUT2D eigenvalue weighted by atomic mass is 32.2. The van der Waals surface area contributed by atoms with Crippen LogP contribution in [0.3, 0.4) is 0 Å². The van der Waals surface area contributed by atoms with Crippen LogP contribution >= 0.6 is 23.1 Å². The van der Waals surface area contributed by atoms with Crippen molar-refractivity contribution in [2.75, 3.05) is 5.75 Å². The predicted octanol–water partition coefficient (Wildman–Crippen LogP) is 3.85. The van der Waals surface area contributed by atoms with Crippen LogP contribution in [0.1, 0.15) is 39.4 Å². The fraction of sp³-hybridized carbons (Fsp3) is 0.412. The van der Waals surface area contributed by atoms with Gasteiger partial charge in [-0.3, -0.25) is 11.3 Å². The first kappa shape index (κ1) is 15.1. The molecule has 2 aromatic rings. The van der Waals surface area contributed by atoms with Crippen molar-refractivity contribution < 1.29 is 0 Å². The lowest BCUT2D eigenvalue weighted by Crippen LogP contribution is -2.28. The van der Waals surface area contributed by atoms with E-state index in [4.69, 9.17) is 5.84 Å². The van der Waals surface area contributed by atoms with E-state index in [1.807, 2.05) is 23.1 Å². The lowest BCUT2D eigenvalue weighted by molar-refractivity contribution is 0.560. The van der Waals surface area contributed by atoms with Crippen molar-refractivity contribution in [2.24, 2.45) is 5.84 Å². The van der Waals surface area contributed by atoms with E-state index in [0.29, 0.717) is 0 Å².